The first-order valence-electron chi connectivity index (χ1n) is 6.39. The lowest BCUT2D eigenvalue weighted by atomic mass is 10.1. The van der Waals surface area contributed by atoms with Crippen molar-refractivity contribution in [2.45, 2.75) is 26.7 Å². The summed E-state index contributed by atoms with van der Waals surface area (Å²) in [5, 5.41) is 14.8. The maximum absolute atomic E-state index is 11.8. The third-order valence-corrected chi connectivity index (χ3v) is 2.67. The van der Waals surface area contributed by atoms with Crippen molar-refractivity contribution in [2.24, 2.45) is 0 Å². The Hall–Kier alpha value is -2.04. The van der Waals surface area contributed by atoms with Gasteiger partial charge in [0.25, 0.3) is 5.91 Å². The molecular weight excluding hydrogens is 244 g/mol. The molecule has 2 amide bonds. The van der Waals surface area contributed by atoms with E-state index in [1.807, 2.05) is 6.92 Å². The highest BCUT2D eigenvalue weighted by Gasteiger charge is 2.07. The third kappa shape index (κ3) is 4.99. The van der Waals surface area contributed by atoms with E-state index in [2.05, 4.69) is 10.6 Å². The van der Waals surface area contributed by atoms with Crippen LogP contribution in [0.5, 0.6) is 5.75 Å². The Labute approximate surface area is 113 Å². The molecule has 0 aromatic heterocycles. The monoisotopic (exact) mass is 264 g/mol. The summed E-state index contributed by atoms with van der Waals surface area (Å²) in [6.07, 6.45) is 1.16. The Morgan fingerprint density at radius 3 is 2.58 bits per heavy atom. The van der Waals surface area contributed by atoms with E-state index in [0.717, 1.165) is 6.42 Å². The predicted molar refractivity (Wildman–Crippen MR) is 73.1 cm³/mol. The van der Waals surface area contributed by atoms with Crippen LogP contribution < -0.4 is 10.6 Å². The number of phenols is 1. The van der Waals surface area contributed by atoms with Gasteiger partial charge in [-0.2, -0.15) is 0 Å². The van der Waals surface area contributed by atoms with E-state index in [1.54, 1.807) is 19.1 Å². The minimum absolute atomic E-state index is 0.0657. The van der Waals surface area contributed by atoms with E-state index in [0.29, 0.717) is 24.2 Å². The van der Waals surface area contributed by atoms with Gasteiger partial charge in [0, 0.05) is 25.1 Å². The molecule has 0 aliphatic carbocycles. The molecule has 1 aromatic rings. The molecule has 0 aliphatic heterocycles. The highest BCUT2D eigenvalue weighted by Crippen LogP contribution is 2.16. The fraction of sp³-hybridized carbons (Fsp3) is 0.429. The second kappa shape index (κ2) is 7.41. The Morgan fingerprint density at radius 2 is 1.95 bits per heavy atom. The summed E-state index contributed by atoms with van der Waals surface area (Å²) >= 11 is 0. The first-order valence-corrected chi connectivity index (χ1v) is 6.39. The van der Waals surface area contributed by atoms with Crippen LogP contribution in [0.15, 0.2) is 18.2 Å². The Morgan fingerprint density at radius 1 is 1.21 bits per heavy atom. The van der Waals surface area contributed by atoms with Crippen LogP contribution in [-0.4, -0.2) is 30.0 Å². The van der Waals surface area contributed by atoms with Gasteiger partial charge in [0.15, 0.2) is 0 Å². The van der Waals surface area contributed by atoms with Crippen LogP contribution in [0.1, 0.15) is 35.7 Å². The van der Waals surface area contributed by atoms with Gasteiger partial charge >= 0.3 is 0 Å². The molecule has 19 heavy (non-hydrogen) atoms. The second-order valence-electron chi connectivity index (χ2n) is 4.36. The van der Waals surface area contributed by atoms with Crippen LogP contribution in [0.25, 0.3) is 0 Å². The molecule has 5 heteroatoms. The molecule has 0 saturated heterocycles. The van der Waals surface area contributed by atoms with Crippen LogP contribution in [0.2, 0.25) is 0 Å². The van der Waals surface area contributed by atoms with E-state index in [9.17, 15) is 14.7 Å². The van der Waals surface area contributed by atoms with Gasteiger partial charge in [-0.1, -0.05) is 6.92 Å². The maximum Gasteiger partial charge on any atom is 0.251 e. The molecule has 3 N–H and O–H groups in total. The number of carbonyl (C=O) groups is 2. The molecule has 0 heterocycles. The van der Waals surface area contributed by atoms with Crippen molar-refractivity contribution in [2.75, 3.05) is 13.1 Å². The first-order chi connectivity index (χ1) is 9.04. The summed E-state index contributed by atoms with van der Waals surface area (Å²) in [5.41, 5.74) is 1.12. The fourth-order valence-corrected chi connectivity index (χ4v) is 1.54. The van der Waals surface area contributed by atoms with Crippen molar-refractivity contribution in [3.63, 3.8) is 0 Å². The zero-order valence-corrected chi connectivity index (χ0v) is 11.3. The zero-order chi connectivity index (χ0) is 14.3. The Bertz CT molecular complexity index is 458. The van der Waals surface area contributed by atoms with Crippen LogP contribution in [0, 0.1) is 6.92 Å². The number of phenolic OH excluding ortho intramolecular Hbond substituents is 1. The average molecular weight is 264 g/mol. The molecule has 104 valence electrons. The molecule has 0 fully saturated rings. The lowest BCUT2D eigenvalue weighted by Crippen LogP contribution is -2.31. The highest BCUT2D eigenvalue weighted by atomic mass is 16.3. The van der Waals surface area contributed by atoms with Gasteiger partial charge in [-0.3, -0.25) is 9.59 Å². The molecular formula is C14H20N2O3. The lowest BCUT2D eigenvalue weighted by Gasteiger charge is -2.07. The van der Waals surface area contributed by atoms with Gasteiger partial charge in [-0.05, 0) is 37.1 Å². The SMILES string of the molecule is CCCNC(=O)CCNC(=O)c1ccc(O)c(C)c1. The minimum atomic E-state index is -0.244. The number of rotatable bonds is 6. The van der Waals surface area contributed by atoms with E-state index in [1.165, 1.54) is 6.07 Å². The molecule has 0 spiro atoms. The van der Waals surface area contributed by atoms with E-state index in [-0.39, 0.29) is 24.0 Å². The van der Waals surface area contributed by atoms with E-state index < -0.39 is 0 Å². The van der Waals surface area contributed by atoms with Crippen molar-refractivity contribution < 1.29 is 14.7 Å². The van der Waals surface area contributed by atoms with Gasteiger partial charge in [0.2, 0.25) is 5.91 Å². The largest absolute Gasteiger partial charge is 0.508 e. The number of benzene rings is 1. The summed E-state index contributed by atoms with van der Waals surface area (Å²) in [7, 11) is 0. The number of aromatic hydroxyl groups is 1. The number of amides is 2. The summed E-state index contributed by atoms with van der Waals surface area (Å²) in [5.74, 6) is -0.147. The molecule has 0 unspecified atom stereocenters. The number of hydrogen-bond donors (Lipinski definition) is 3. The van der Waals surface area contributed by atoms with Crippen molar-refractivity contribution >= 4 is 11.8 Å². The van der Waals surface area contributed by atoms with Crippen LogP contribution >= 0.6 is 0 Å². The van der Waals surface area contributed by atoms with Crippen molar-refractivity contribution in [3.8, 4) is 5.75 Å². The molecule has 1 aromatic carbocycles. The van der Waals surface area contributed by atoms with E-state index >= 15 is 0 Å². The number of hydrogen-bond acceptors (Lipinski definition) is 3. The molecule has 0 bridgehead atoms. The van der Waals surface area contributed by atoms with Gasteiger partial charge < -0.3 is 15.7 Å². The lowest BCUT2D eigenvalue weighted by molar-refractivity contribution is -0.120. The van der Waals surface area contributed by atoms with Gasteiger partial charge in [-0.25, -0.2) is 0 Å². The summed E-state index contributed by atoms with van der Waals surface area (Å²) < 4.78 is 0. The van der Waals surface area contributed by atoms with E-state index in [4.69, 9.17) is 0 Å². The smallest absolute Gasteiger partial charge is 0.251 e. The predicted octanol–water partition coefficient (Wildman–Crippen LogP) is 1.35. The fourth-order valence-electron chi connectivity index (χ4n) is 1.54. The quantitative estimate of drug-likeness (QED) is 0.725. The topological polar surface area (TPSA) is 78.4 Å². The van der Waals surface area contributed by atoms with Crippen molar-refractivity contribution in [1.29, 1.82) is 0 Å². The minimum Gasteiger partial charge on any atom is -0.508 e. The molecule has 0 saturated carbocycles. The number of carbonyl (C=O) groups excluding carboxylic acids is 2. The Balaban J connectivity index is 2.39. The first kappa shape index (κ1) is 15.0. The molecule has 5 nitrogen and oxygen atoms in total. The highest BCUT2D eigenvalue weighted by molar-refractivity contribution is 5.94. The van der Waals surface area contributed by atoms with Gasteiger partial charge in [-0.15, -0.1) is 0 Å². The van der Waals surface area contributed by atoms with Crippen molar-refractivity contribution in [1.82, 2.24) is 10.6 Å². The number of aryl methyl sites for hydroxylation is 1. The third-order valence-electron chi connectivity index (χ3n) is 2.67. The average Bonchev–Trinajstić information content (AvgIpc) is 2.39. The van der Waals surface area contributed by atoms with Gasteiger partial charge in [0.05, 0.1) is 0 Å². The molecule has 0 atom stereocenters. The standard InChI is InChI=1S/C14H20N2O3/c1-3-7-15-13(18)6-8-16-14(19)11-4-5-12(17)10(2)9-11/h4-5,9,17H,3,6-8H2,1-2H3,(H,15,18)(H,16,19). The molecule has 0 aliphatic rings. The van der Waals surface area contributed by atoms with Crippen LogP contribution in [0.3, 0.4) is 0 Å². The van der Waals surface area contributed by atoms with Crippen LogP contribution in [0.4, 0.5) is 0 Å². The molecule has 1 rings (SSSR count). The van der Waals surface area contributed by atoms with Crippen molar-refractivity contribution in [3.05, 3.63) is 29.3 Å². The normalized spacial score (nSPS) is 10.0. The second-order valence-corrected chi connectivity index (χ2v) is 4.36. The number of nitrogens with one attached hydrogen (secondary N) is 2. The zero-order valence-electron chi connectivity index (χ0n) is 11.3. The summed E-state index contributed by atoms with van der Waals surface area (Å²) in [6, 6.07) is 4.65. The summed E-state index contributed by atoms with van der Waals surface area (Å²) in [4.78, 5) is 23.1. The van der Waals surface area contributed by atoms with Crippen LogP contribution in [-0.2, 0) is 4.79 Å². The summed E-state index contributed by atoms with van der Waals surface area (Å²) in [6.45, 7) is 4.66. The van der Waals surface area contributed by atoms with Gasteiger partial charge in [0.1, 0.15) is 5.75 Å². The maximum atomic E-state index is 11.8. The molecule has 0 radical (unpaired) electrons. The Kier molecular flexibility index (Phi) is 5.85.